The van der Waals surface area contributed by atoms with Crippen LogP contribution in [0.4, 0.5) is 0 Å². The second-order valence-corrected chi connectivity index (χ2v) is 4.87. The fraction of sp³-hybridized carbons (Fsp3) is 0.909. The third kappa shape index (κ3) is 1.72. The molecule has 2 unspecified atom stereocenters. The lowest BCUT2D eigenvalue weighted by Crippen LogP contribution is -2.50. The number of carbonyl (C=O) groups excluding carboxylic acids is 1. The summed E-state index contributed by atoms with van der Waals surface area (Å²) in [6, 6.07) is 0. The molecule has 0 aliphatic heterocycles. The van der Waals surface area contributed by atoms with Gasteiger partial charge in [0.15, 0.2) is 0 Å². The first kappa shape index (κ1) is 9.04. The third-order valence-electron chi connectivity index (χ3n) is 3.86. The summed E-state index contributed by atoms with van der Waals surface area (Å²) in [6.07, 6.45) is 8.80. The van der Waals surface area contributed by atoms with Gasteiger partial charge in [-0.25, -0.2) is 0 Å². The van der Waals surface area contributed by atoms with Crippen molar-refractivity contribution in [2.75, 3.05) is 0 Å². The van der Waals surface area contributed by atoms with E-state index >= 15 is 0 Å². The lowest BCUT2D eigenvalue weighted by molar-refractivity contribution is -0.112. The first-order valence-electron chi connectivity index (χ1n) is 5.47. The molecule has 2 heteroatoms. The molecule has 1 N–H and O–H groups in total. The number of rotatable bonds is 3. The van der Waals surface area contributed by atoms with Crippen LogP contribution in [-0.2, 0) is 4.79 Å². The summed E-state index contributed by atoms with van der Waals surface area (Å²) < 4.78 is 0. The van der Waals surface area contributed by atoms with Crippen LogP contribution < -0.4 is 5.32 Å². The lowest BCUT2D eigenvalue weighted by Gasteiger charge is -2.41. The minimum Gasteiger partial charge on any atom is -0.353 e. The van der Waals surface area contributed by atoms with Crippen molar-refractivity contribution in [3.05, 3.63) is 0 Å². The summed E-state index contributed by atoms with van der Waals surface area (Å²) in [5.74, 6) is 1.67. The molecule has 0 heterocycles. The highest BCUT2D eigenvalue weighted by Gasteiger charge is 2.44. The maximum Gasteiger partial charge on any atom is 0.207 e. The third-order valence-corrected chi connectivity index (χ3v) is 3.86. The summed E-state index contributed by atoms with van der Waals surface area (Å²) >= 11 is 0. The number of carbonyl (C=O) groups is 1. The van der Waals surface area contributed by atoms with E-state index < -0.39 is 0 Å². The normalized spacial score (nSPS) is 39.9. The van der Waals surface area contributed by atoms with E-state index in [-0.39, 0.29) is 5.54 Å². The summed E-state index contributed by atoms with van der Waals surface area (Å²) in [5, 5.41) is 3.05. The molecule has 0 aromatic rings. The highest BCUT2D eigenvalue weighted by molar-refractivity contribution is 5.48. The second-order valence-electron chi connectivity index (χ2n) is 4.87. The van der Waals surface area contributed by atoms with Crippen molar-refractivity contribution < 1.29 is 4.79 Å². The first-order chi connectivity index (χ1) is 6.26. The van der Waals surface area contributed by atoms with E-state index in [1.165, 1.54) is 38.5 Å². The van der Waals surface area contributed by atoms with Crippen LogP contribution in [0, 0.1) is 11.8 Å². The topological polar surface area (TPSA) is 29.1 Å². The molecule has 0 radical (unpaired) electrons. The van der Waals surface area contributed by atoms with E-state index in [1.807, 2.05) is 0 Å². The Bertz CT molecular complexity index is 200. The second kappa shape index (κ2) is 3.32. The quantitative estimate of drug-likeness (QED) is 0.664. The molecule has 0 aromatic heterocycles. The maximum atomic E-state index is 10.6. The molecule has 2 fully saturated rings. The van der Waals surface area contributed by atoms with E-state index in [4.69, 9.17) is 0 Å². The molecule has 13 heavy (non-hydrogen) atoms. The summed E-state index contributed by atoms with van der Waals surface area (Å²) in [5.41, 5.74) is 0.112. The van der Waals surface area contributed by atoms with E-state index in [0.717, 1.165) is 18.2 Å². The summed E-state index contributed by atoms with van der Waals surface area (Å²) in [4.78, 5) is 10.6. The zero-order valence-electron chi connectivity index (χ0n) is 8.38. The smallest absolute Gasteiger partial charge is 0.207 e. The Hall–Kier alpha value is -0.530. The van der Waals surface area contributed by atoms with Crippen molar-refractivity contribution >= 4 is 6.41 Å². The predicted molar refractivity (Wildman–Crippen MR) is 52.3 cm³/mol. The Morgan fingerprint density at radius 2 is 2.08 bits per heavy atom. The number of amides is 1. The molecule has 2 aliphatic rings. The zero-order valence-corrected chi connectivity index (χ0v) is 8.38. The van der Waals surface area contributed by atoms with Crippen LogP contribution in [0.5, 0.6) is 0 Å². The van der Waals surface area contributed by atoms with Crippen LogP contribution in [0.15, 0.2) is 0 Å². The van der Waals surface area contributed by atoms with Gasteiger partial charge < -0.3 is 5.32 Å². The van der Waals surface area contributed by atoms with Gasteiger partial charge in [0.1, 0.15) is 0 Å². The van der Waals surface area contributed by atoms with Crippen molar-refractivity contribution in [1.29, 1.82) is 0 Å². The molecule has 2 atom stereocenters. The highest BCUT2D eigenvalue weighted by Crippen LogP contribution is 2.48. The molecule has 74 valence electrons. The fourth-order valence-corrected chi connectivity index (χ4v) is 2.93. The lowest BCUT2D eigenvalue weighted by atomic mass is 9.71. The van der Waals surface area contributed by atoms with Gasteiger partial charge in [-0.3, -0.25) is 4.79 Å². The molecule has 2 aliphatic carbocycles. The van der Waals surface area contributed by atoms with Gasteiger partial charge in [-0.05, 0) is 44.4 Å². The van der Waals surface area contributed by atoms with Crippen LogP contribution in [0.3, 0.4) is 0 Å². The first-order valence-corrected chi connectivity index (χ1v) is 5.47. The van der Waals surface area contributed by atoms with Crippen molar-refractivity contribution in [3.63, 3.8) is 0 Å². The fourth-order valence-electron chi connectivity index (χ4n) is 2.93. The van der Waals surface area contributed by atoms with Gasteiger partial charge in [-0.2, -0.15) is 0 Å². The van der Waals surface area contributed by atoms with Crippen molar-refractivity contribution in [1.82, 2.24) is 5.32 Å². The Kier molecular flexibility index (Phi) is 2.31. The van der Waals surface area contributed by atoms with Crippen LogP contribution in [-0.4, -0.2) is 11.9 Å². The molecule has 0 bridgehead atoms. The Morgan fingerprint density at radius 1 is 1.31 bits per heavy atom. The van der Waals surface area contributed by atoms with Gasteiger partial charge >= 0.3 is 0 Å². The van der Waals surface area contributed by atoms with Crippen LogP contribution in [0.25, 0.3) is 0 Å². The van der Waals surface area contributed by atoms with E-state index in [2.05, 4.69) is 12.2 Å². The molecule has 2 rings (SSSR count). The summed E-state index contributed by atoms with van der Waals surface area (Å²) in [7, 11) is 0. The standard InChI is InChI=1S/C11H19NO/c1-11(12-8-13)7-3-2-4-10(11)9-5-6-9/h8-10H,2-7H2,1H3,(H,12,13). The average Bonchev–Trinajstić information content (AvgIpc) is 2.88. The molecule has 2 saturated carbocycles. The van der Waals surface area contributed by atoms with Gasteiger partial charge in [-0.1, -0.05) is 12.8 Å². The summed E-state index contributed by atoms with van der Waals surface area (Å²) in [6.45, 7) is 2.23. The van der Waals surface area contributed by atoms with Gasteiger partial charge in [-0.15, -0.1) is 0 Å². The largest absolute Gasteiger partial charge is 0.353 e. The van der Waals surface area contributed by atoms with Gasteiger partial charge in [0.05, 0.1) is 0 Å². The molecule has 0 aromatic carbocycles. The Morgan fingerprint density at radius 3 is 2.69 bits per heavy atom. The van der Waals surface area contributed by atoms with E-state index in [1.54, 1.807) is 0 Å². The molecule has 0 saturated heterocycles. The van der Waals surface area contributed by atoms with E-state index in [9.17, 15) is 4.79 Å². The van der Waals surface area contributed by atoms with Crippen LogP contribution >= 0.6 is 0 Å². The number of nitrogens with one attached hydrogen (secondary N) is 1. The van der Waals surface area contributed by atoms with Crippen LogP contribution in [0.2, 0.25) is 0 Å². The van der Waals surface area contributed by atoms with Crippen molar-refractivity contribution in [3.8, 4) is 0 Å². The van der Waals surface area contributed by atoms with Crippen molar-refractivity contribution in [2.24, 2.45) is 11.8 Å². The molecule has 0 spiro atoms. The molecular formula is C11H19NO. The Balaban J connectivity index is 2.05. The van der Waals surface area contributed by atoms with Gasteiger partial charge in [0, 0.05) is 5.54 Å². The monoisotopic (exact) mass is 181 g/mol. The molecule has 1 amide bonds. The number of hydrogen-bond donors (Lipinski definition) is 1. The SMILES string of the molecule is CC1(NC=O)CCCCC1C1CC1. The van der Waals surface area contributed by atoms with E-state index in [0.29, 0.717) is 0 Å². The van der Waals surface area contributed by atoms with Crippen molar-refractivity contribution in [2.45, 2.75) is 51.0 Å². The minimum atomic E-state index is 0.112. The predicted octanol–water partition coefficient (Wildman–Crippen LogP) is 2.09. The maximum absolute atomic E-state index is 10.6. The highest BCUT2D eigenvalue weighted by atomic mass is 16.1. The minimum absolute atomic E-state index is 0.112. The average molecular weight is 181 g/mol. The van der Waals surface area contributed by atoms with Crippen LogP contribution in [0.1, 0.15) is 45.4 Å². The molecule has 2 nitrogen and oxygen atoms in total. The van der Waals surface area contributed by atoms with Gasteiger partial charge in [0.25, 0.3) is 0 Å². The zero-order chi connectivity index (χ0) is 9.31. The number of hydrogen-bond acceptors (Lipinski definition) is 1. The Labute approximate surface area is 80.1 Å². The van der Waals surface area contributed by atoms with Gasteiger partial charge in [0.2, 0.25) is 6.41 Å². The molecular weight excluding hydrogens is 162 g/mol.